The van der Waals surface area contributed by atoms with Crippen LogP contribution in [0.1, 0.15) is 11.1 Å². The van der Waals surface area contributed by atoms with Gasteiger partial charge in [-0.25, -0.2) is 0 Å². The number of nitrogens with two attached hydrogens (primary N) is 1. The van der Waals surface area contributed by atoms with Gasteiger partial charge in [0.25, 0.3) is 0 Å². The fourth-order valence-electron chi connectivity index (χ4n) is 2.58. The molecule has 0 saturated carbocycles. The molecule has 3 heteroatoms. The summed E-state index contributed by atoms with van der Waals surface area (Å²) in [4.78, 5) is 6.51. The summed E-state index contributed by atoms with van der Waals surface area (Å²) in [5.74, 6) is 0. The van der Waals surface area contributed by atoms with E-state index in [1.165, 1.54) is 16.8 Å². The monoisotopic (exact) mass is 239 g/mol. The van der Waals surface area contributed by atoms with Crippen molar-refractivity contribution < 1.29 is 0 Å². The van der Waals surface area contributed by atoms with Gasteiger partial charge in [-0.2, -0.15) is 0 Å². The van der Waals surface area contributed by atoms with Gasteiger partial charge in [-0.15, -0.1) is 0 Å². The Morgan fingerprint density at radius 1 is 1.22 bits per heavy atom. The number of anilines is 1. The molecule has 0 amide bonds. The molecule has 0 radical (unpaired) electrons. The van der Waals surface area contributed by atoms with Crippen molar-refractivity contribution in [2.75, 3.05) is 11.4 Å². The first kappa shape index (κ1) is 11.2. The molecule has 1 aromatic carbocycles. The molecule has 0 spiro atoms. The number of nitrogens with zero attached hydrogens (tertiary/aromatic N) is 2. The van der Waals surface area contributed by atoms with E-state index in [1.807, 2.05) is 12.3 Å². The zero-order valence-corrected chi connectivity index (χ0v) is 10.3. The lowest BCUT2D eigenvalue weighted by Gasteiger charge is -2.34. The quantitative estimate of drug-likeness (QED) is 0.871. The van der Waals surface area contributed by atoms with Gasteiger partial charge in [0.1, 0.15) is 0 Å². The van der Waals surface area contributed by atoms with Crippen molar-refractivity contribution in [2.24, 2.45) is 5.73 Å². The van der Waals surface area contributed by atoms with Crippen LogP contribution in [-0.4, -0.2) is 17.6 Å². The Bertz CT molecular complexity index is 524. The van der Waals surface area contributed by atoms with Crippen molar-refractivity contribution in [1.82, 2.24) is 4.98 Å². The summed E-state index contributed by atoms with van der Waals surface area (Å²) in [6.07, 6.45) is 4.70. The zero-order valence-electron chi connectivity index (χ0n) is 10.3. The van der Waals surface area contributed by atoms with E-state index in [1.54, 1.807) is 6.20 Å². The second-order valence-electron chi connectivity index (χ2n) is 4.83. The van der Waals surface area contributed by atoms with E-state index < -0.39 is 0 Å². The van der Waals surface area contributed by atoms with E-state index in [9.17, 15) is 0 Å². The molecule has 1 unspecified atom stereocenters. The standard InChI is InChI=1S/C15H17N3/c16-14-8-13-5-1-2-6-15(13)18(11-14)10-12-4-3-7-17-9-12/h1-7,9,14H,8,10-11,16H2. The molecule has 1 atom stereocenters. The van der Waals surface area contributed by atoms with Crippen molar-refractivity contribution in [3.05, 3.63) is 59.9 Å². The molecule has 1 aromatic heterocycles. The van der Waals surface area contributed by atoms with E-state index in [2.05, 4.69) is 40.2 Å². The van der Waals surface area contributed by atoms with Crippen molar-refractivity contribution in [2.45, 2.75) is 19.0 Å². The van der Waals surface area contributed by atoms with Gasteiger partial charge < -0.3 is 10.6 Å². The number of aromatic nitrogens is 1. The van der Waals surface area contributed by atoms with Crippen LogP contribution in [0, 0.1) is 0 Å². The van der Waals surface area contributed by atoms with Crippen LogP contribution in [0.5, 0.6) is 0 Å². The highest BCUT2D eigenvalue weighted by molar-refractivity contribution is 5.56. The van der Waals surface area contributed by atoms with Gasteiger partial charge in [-0.3, -0.25) is 4.98 Å². The molecule has 2 aromatic rings. The molecule has 2 heterocycles. The molecule has 0 aliphatic carbocycles. The van der Waals surface area contributed by atoms with Crippen LogP contribution in [0.4, 0.5) is 5.69 Å². The van der Waals surface area contributed by atoms with Gasteiger partial charge in [-0.05, 0) is 29.7 Å². The van der Waals surface area contributed by atoms with Crippen molar-refractivity contribution >= 4 is 5.69 Å². The van der Waals surface area contributed by atoms with Crippen LogP contribution in [0.3, 0.4) is 0 Å². The maximum Gasteiger partial charge on any atom is 0.0445 e. The number of para-hydroxylation sites is 1. The summed E-state index contributed by atoms with van der Waals surface area (Å²) < 4.78 is 0. The van der Waals surface area contributed by atoms with Gasteiger partial charge in [0.15, 0.2) is 0 Å². The lowest BCUT2D eigenvalue weighted by molar-refractivity contribution is 0.598. The van der Waals surface area contributed by atoms with Gasteiger partial charge in [0.2, 0.25) is 0 Å². The van der Waals surface area contributed by atoms with E-state index in [4.69, 9.17) is 5.73 Å². The van der Waals surface area contributed by atoms with Crippen LogP contribution in [-0.2, 0) is 13.0 Å². The third-order valence-corrected chi connectivity index (χ3v) is 3.37. The number of pyridine rings is 1. The predicted molar refractivity (Wildman–Crippen MR) is 73.4 cm³/mol. The predicted octanol–water partition coefficient (Wildman–Crippen LogP) is 1.97. The highest BCUT2D eigenvalue weighted by Gasteiger charge is 2.21. The Balaban J connectivity index is 1.89. The first-order valence-electron chi connectivity index (χ1n) is 6.30. The minimum absolute atomic E-state index is 0.219. The summed E-state index contributed by atoms with van der Waals surface area (Å²) >= 11 is 0. The third-order valence-electron chi connectivity index (χ3n) is 3.37. The summed E-state index contributed by atoms with van der Waals surface area (Å²) in [5, 5.41) is 0. The maximum atomic E-state index is 6.14. The molecule has 2 N–H and O–H groups in total. The highest BCUT2D eigenvalue weighted by Crippen LogP contribution is 2.27. The summed E-state index contributed by atoms with van der Waals surface area (Å²) in [5.41, 5.74) is 10.0. The fraction of sp³-hybridized carbons (Fsp3) is 0.267. The van der Waals surface area contributed by atoms with Crippen LogP contribution in [0.2, 0.25) is 0 Å². The minimum Gasteiger partial charge on any atom is -0.365 e. The Morgan fingerprint density at radius 2 is 2.11 bits per heavy atom. The molecule has 1 aliphatic heterocycles. The van der Waals surface area contributed by atoms with E-state index in [0.29, 0.717) is 0 Å². The molecule has 0 saturated heterocycles. The van der Waals surface area contributed by atoms with E-state index >= 15 is 0 Å². The molecule has 1 aliphatic rings. The number of hydrogen-bond donors (Lipinski definition) is 1. The lowest BCUT2D eigenvalue weighted by atomic mass is 9.98. The summed E-state index contributed by atoms with van der Waals surface area (Å²) in [7, 11) is 0. The van der Waals surface area contributed by atoms with Gasteiger partial charge in [-0.1, -0.05) is 24.3 Å². The topological polar surface area (TPSA) is 42.1 Å². The Hall–Kier alpha value is -1.87. The second kappa shape index (κ2) is 4.78. The molecule has 0 bridgehead atoms. The molecule has 92 valence electrons. The first-order valence-corrected chi connectivity index (χ1v) is 6.30. The molecule has 0 fully saturated rings. The van der Waals surface area contributed by atoms with Crippen LogP contribution in [0.25, 0.3) is 0 Å². The average Bonchev–Trinajstić information content (AvgIpc) is 2.40. The summed E-state index contributed by atoms with van der Waals surface area (Å²) in [6, 6.07) is 12.8. The molecular weight excluding hydrogens is 222 g/mol. The number of benzene rings is 1. The SMILES string of the molecule is NC1Cc2ccccc2N(Cc2cccnc2)C1. The Kier molecular flexibility index (Phi) is 2.99. The first-order chi connectivity index (χ1) is 8.83. The van der Waals surface area contributed by atoms with Gasteiger partial charge in [0, 0.05) is 37.2 Å². The smallest absolute Gasteiger partial charge is 0.0445 e. The fourth-order valence-corrected chi connectivity index (χ4v) is 2.58. The van der Waals surface area contributed by atoms with Crippen molar-refractivity contribution in [1.29, 1.82) is 0 Å². The lowest BCUT2D eigenvalue weighted by Crippen LogP contribution is -2.42. The van der Waals surface area contributed by atoms with Crippen molar-refractivity contribution in [3.8, 4) is 0 Å². The molecule has 18 heavy (non-hydrogen) atoms. The summed E-state index contributed by atoms with van der Waals surface area (Å²) in [6.45, 7) is 1.78. The largest absolute Gasteiger partial charge is 0.365 e. The van der Waals surface area contributed by atoms with Crippen molar-refractivity contribution in [3.63, 3.8) is 0 Å². The highest BCUT2D eigenvalue weighted by atomic mass is 15.2. The zero-order chi connectivity index (χ0) is 12.4. The molecule has 3 rings (SSSR count). The third kappa shape index (κ3) is 2.22. The van der Waals surface area contributed by atoms with Gasteiger partial charge in [0.05, 0.1) is 0 Å². The van der Waals surface area contributed by atoms with Crippen LogP contribution < -0.4 is 10.6 Å². The maximum absolute atomic E-state index is 6.14. The van der Waals surface area contributed by atoms with E-state index in [0.717, 1.165) is 19.5 Å². The minimum atomic E-state index is 0.219. The molecule has 3 nitrogen and oxygen atoms in total. The number of rotatable bonds is 2. The normalized spacial score (nSPS) is 18.5. The Labute approximate surface area is 107 Å². The Morgan fingerprint density at radius 3 is 2.94 bits per heavy atom. The number of hydrogen-bond acceptors (Lipinski definition) is 3. The molecular formula is C15H17N3. The van der Waals surface area contributed by atoms with Gasteiger partial charge >= 0.3 is 0 Å². The van der Waals surface area contributed by atoms with E-state index in [-0.39, 0.29) is 6.04 Å². The average molecular weight is 239 g/mol. The number of fused-ring (bicyclic) bond motifs is 1. The van der Waals surface area contributed by atoms with Crippen LogP contribution in [0.15, 0.2) is 48.8 Å². The van der Waals surface area contributed by atoms with Crippen LogP contribution >= 0.6 is 0 Å². The second-order valence-corrected chi connectivity index (χ2v) is 4.83.